The smallest absolute Gasteiger partial charge is 0.410 e. The summed E-state index contributed by atoms with van der Waals surface area (Å²) in [4.78, 5) is 18.6. The second-order valence-electron chi connectivity index (χ2n) is 7.31. The molecule has 3 aromatic rings. The van der Waals surface area contributed by atoms with Gasteiger partial charge >= 0.3 is 6.09 Å². The van der Waals surface area contributed by atoms with Gasteiger partial charge in [0.25, 0.3) is 0 Å². The molecule has 0 saturated carbocycles. The van der Waals surface area contributed by atoms with Crippen molar-refractivity contribution in [1.82, 2.24) is 9.88 Å². The Morgan fingerprint density at radius 2 is 1.79 bits per heavy atom. The van der Waals surface area contributed by atoms with Crippen molar-refractivity contribution in [2.75, 3.05) is 13.1 Å². The Balaban J connectivity index is 1.35. The Labute approximate surface area is 165 Å². The number of fused-ring (bicyclic) bond motifs is 1. The van der Waals surface area contributed by atoms with Gasteiger partial charge in [0, 0.05) is 30.7 Å². The lowest BCUT2D eigenvalue weighted by Crippen LogP contribution is -2.41. The SMILES string of the molecule is NC(c1ccnc2ccccc12)C1CCN(C(=O)OCc2ccccc2)CC1. The maximum absolute atomic E-state index is 12.4. The maximum atomic E-state index is 12.4. The molecule has 0 spiro atoms. The summed E-state index contributed by atoms with van der Waals surface area (Å²) < 4.78 is 5.45. The van der Waals surface area contributed by atoms with Crippen LogP contribution in [0, 0.1) is 5.92 Å². The van der Waals surface area contributed by atoms with E-state index in [0.717, 1.165) is 34.9 Å². The van der Waals surface area contributed by atoms with Crippen molar-refractivity contribution in [2.45, 2.75) is 25.5 Å². The maximum Gasteiger partial charge on any atom is 0.410 e. The molecule has 0 radical (unpaired) electrons. The number of carbonyl (C=O) groups is 1. The summed E-state index contributed by atoms with van der Waals surface area (Å²) in [5, 5.41) is 1.11. The van der Waals surface area contributed by atoms with Gasteiger partial charge in [0.05, 0.1) is 5.52 Å². The molecule has 5 heteroatoms. The van der Waals surface area contributed by atoms with E-state index in [0.29, 0.717) is 25.6 Å². The number of piperidine rings is 1. The van der Waals surface area contributed by atoms with Gasteiger partial charge in [-0.3, -0.25) is 4.98 Å². The molecule has 4 rings (SSSR count). The molecule has 1 saturated heterocycles. The number of carbonyl (C=O) groups excluding carboxylic acids is 1. The molecule has 1 amide bonds. The Morgan fingerprint density at radius 1 is 1.07 bits per heavy atom. The van der Waals surface area contributed by atoms with Gasteiger partial charge in [0.2, 0.25) is 0 Å². The first-order chi connectivity index (χ1) is 13.7. The van der Waals surface area contributed by atoms with Crippen LogP contribution >= 0.6 is 0 Å². The van der Waals surface area contributed by atoms with E-state index >= 15 is 0 Å². The molecule has 28 heavy (non-hydrogen) atoms. The Bertz CT molecular complexity index is 931. The predicted molar refractivity (Wildman–Crippen MR) is 110 cm³/mol. The van der Waals surface area contributed by atoms with Gasteiger partial charge in [0.15, 0.2) is 0 Å². The molecular weight excluding hydrogens is 350 g/mol. The van der Waals surface area contributed by atoms with Crippen LogP contribution in [-0.4, -0.2) is 29.1 Å². The largest absolute Gasteiger partial charge is 0.445 e. The third kappa shape index (κ3) is 3.99. The zero-order chi connectivity index (χ0) is 19.3. The quantitative estimate of drug-likeness (QED) is 0.739. The number of hydrogen-bond acceptors (Lipinski definition) is 4. The highest BCUT2D eigenvalue weighted by Gasteiger charge is 2.28. The van der Waals surface area contributed by atoms with Gasteiger partial charge in [-0.05, 0) is 42.0 Å². The molecule has 1 aromatic heterocycles. The van der Waals surface area contributed by atoms with E-state index in [1.165, 1.54) is 0 Å². The Kier molecular flexibility index (Phi) is 5.53. The summed E-state index contributed by atoms with van der Waals surface area (Å²) >= 11 is 0. The lowest BCUT2D eigenvalue weighted by molar-refractivity contribution is 0.0798. The van der Waals surface area contributed by atoms with Crippen molar-refractivity contribution < 1.29 is 9.53 Å². The van der Waals surface area contributed by atoms with Crippen LogP contribution in [0.25, 0.3) is 10.9 Å². The van der Waals surface area contributed by atoms with Gasteiger partial charge < -0.3 is 15.4 Å². The number of aromatic nitrogens is 1. The minimum atomic E-state index is -0.245. The van der Waals surface area contributed by atoms with Gasteiger partial charge in [-0.2, -0.15) is 0 Å². The molecule has 1 atom stereocenters. The molecule has 0 bridgehead atoms. The number of nitrogens with zero attached hydrogens (tertiary/aromatic N) is 2. The fourth-order valence-electron chi connectivity index (χ4n) is 3.91. The van der Waals surface area contributed by atoms with Gasteiger partial charge in [-0.25, -0.2) is 4.79 Å². The second-order valence-corrected chi connectivity index (χ2v) is 7.31. The third-order valence-corrected chi connectivity index (χ3v) is 5.55. The second kappa shape index (κ2) is 8.40. The molecule has 5 nitrogen and oxygen atoms in total. The van der Waals surface area contributed by atoms with Crippen molar-refractivity contribution in [3.63, 3.8) is 0 Å². The van der Waals surface area contributed by atoms with Crippen LogP contribution in [0.15, 0.2) is 66.9 Å². The van der Waals surface area contributed by atoms with Crippen LogP contribution in [0.1, 0.15) is 30.0 Å². The highest BCUT2D eigenvalue weighted by atomic mass is 16.6. The van der Waals surface area contributed by atoms with E-state index < -0.39 is 0 Å². The number of benzene rings is 2. The summed E-state index contributed by atoms with van der Waals surface area (Å²) in [6.07, 6.45) is 3.33. The number of pyridine rings is 1. The highest BCUT2D eigenvalue weighted by molar-refractivity contribution is 5.82. The zero-order valence-electron chi connectivity index (χ0n) is 15.8. The summed E-state index contributed by atoms with van der Waals surface area (Å²) in [5.74, 6) is 0.337. The van der Waals surface area contributed by atoms with Crippen molar-refractivity contribution in [3.05, 3.63) is 78.0 Å². The summed E-state index contributed by atoms with van der Waals surface area (Å²) in [6, 6.07) is 19.8. The fourth-order valence-corrected chi connectivity index (χ4v) is 3.91. The van der Waals surface area contributed by atoms with E-state index in [1.807, 2.05) is 60.8 Å². The molecule has 1 aliphatic rings. The number of hydrogen-bond donors (Lipinski definition) is 1. The number of nitrogens with two attached hydrogens (primary N) is 1. The molecule has 1 aliphatic heterocycles. The number of para-hydroxylation sites is 1. The molecule has 1 fully saturated rings. The monoisotopic (exact) mass is 375 g/mol. The summed E-state index contributed by atoms with van der Waals surface area (Å²) in [5.41, 5.74) is 9.73. The van der Waals surface area contributed by atoms with Gasteiger partial charge in [-0.15, -0.1) is 0 Å². The van der Waals surface area contributed by atoms with Gasteiger partial charge in [0.1, 0.15) is 6.61 Å². The van der Waals surface area contributed by atoms with Crippen molar-refractivity contribution in [3.8, 4) is 0 Å². The minimum absolute atomic E-state index is 0.0598. The lowest BCUT2D eigenvalue weighted by atomic mass is 9.85. The summed E-state index contributed by atoms with van der Waals surface area (Å²) in [6.45, 7) is 1.66. The van der Waals surface area contributed by atoms with Crippen LogP contribution in [0.2, 0.25) is 0 Å². The van der Waals surface area contributed by atoms with Crippen LogP contribution in [0.5, 0.6) is 0 Å². The Morgan fingerprint density at radius 3 is 2.57 bits per heavy atom. The molecule has 2 aromatic carbocycles. The molecule has 2 heterocycles. The highest BCUT2D eigenvalue weighted by Crippen LogP contribution is 2.32. The third-order valence-electron chi connectivity index (χ3n) is 5.55. The van der Waals surface area contributed by atoms with E-state index in [4.69, 9.17) is 10.5 Å². The summed E-state index contributed by atoms with van der Waals surface area (Å²) in [7, 11) is 0. The van der Waals surface area contributed by atoms with Gasteiger partial charge in [-0.1, -0.05) is 48.5 Å². The fraction of sp³-hybridized carbons (Fsp3) is 0.304. The van der Waals surface area contributed by atoms with Crippen LogP contribution in [0.4, 0.5) is 4.79 Å². The van der Waals surface area contributed by atoms with Crippen molar-refractivity contribution >= 4 is 17.0 Å². The normalized spacial score (nSPS) is 16.1. The molecule has 144 valence electrons. The predicted octanol–water partition coefficient (Wildman–Crippen LogP) is 4.28. The number of amides is 1. The first-order valence-corrected chi connectivity index (χ1v) is 9.77. The van der Waals surface area contributed by atoms with Crippen molar-refractivity contribution in [2.24, 2.45) is 11.7 Å². The first kappa shape index (κ1) is 18.4. The zero-order valence-corrected chi connectivity index (χ0v) is 15.8. The van der Waals surface area contributed by atoms with E-state index in [-0.39, 0.29) is 12.1 Å². The van der Waals surface area contributed by atoms with E-state index in [9.17, 15) is 4.79 Å². The van der Waals surface area contributed by atoms with Crippen molar-refractivity contribution in [1.29, 1.82) is 0 Å². The lowest BCUT2D eigenvalue weighted by Gasteiger charge is -2.34. The van der Waals surface area contributed by atoms with Crippen LogP contribution in [0.3, 0.4) is 0 Å². The first-order valence-electron chi connectivity index (χ1n) is 9.77. The molecule has 0 aliphatic carbocycles. The van der Waals surface area contributed by atoms with Crippen LogP contribution < -0.4 is 5.73 Å². The van der Waals surface area contributed by atoms with E-state index in [1.54, 1.807) is 4.90 Å². The molecular formula is C23H25N3O2. The number of likely N-dealkylation sites (tertiary alicyclic amines) is 1. The minimum Gasteiger partial charge on any atom is -0.445 e. The number of ether oxygens (including phenoxy) is 1. The molecule has 2 N–H and O–H groups in total. The standard InChI is InChI=1S/C23H25N3O2/c24-22(20-10-13-25-21-9-5-4-8-19(20)21)18-11-14-26(15-12-18)23(27)28-16-17-6-2-1-3-7-17/h1-10,13,18,22H,11-12,14-16,24H2. The average molecular weight is 375 g/mol. The topological polar surface area (TPSA) is 68.5 Å². The average Bonchev–Trinajstić information content (AvgIpc) is 2.77. The number of rotatable bonds is 4. The van der Waals surface area contributed by atoms with Crippen LogP contribution in [-0.2, 0) is 11.3 Å². The van der Waals surface area contributed by atoms with E-state index in [2.05, 4.69) is 11.1 Å². The Hall–Kier alpha value is -2.92. The molecule has 1 unspecified atom stereocenters.